The van der Waals surface area contributed by atoms with Gasteiger partial charge in [-0.25, -0.2) is 0 Å². The Morgan fingerprint density at radius 2 is 1.67 bits per heavy atom. The summed E-state index contributed by atoms with van der Waals surface area (Å²) in [5.74, 6) is 2.93. The van der Waals surface area contributed by atoms with Crippen molar-refractivity contribution in [2.45, 2.75) is 111 Å². The number of nitrogens with one attached hydrogen (secondary N) is 1. The largest absolute Gasteiger partial charge is 0.393 e. The molecule has 0 bridgehead atoms. The second-order valence-corrected chi connectivity index (χ2v) is 15.4. The maximum Gasteiger partial charge on any atom is 0.161 e. The minimum atomic E-state index is -0.306. The number of aromatic nitrogens is 1. The molecule has 1 heterocycles. The zero-order valence-electron chi connectivity index (χ0n) is 25.1. The first kappa shape index (κ1) is 27.2. The highest BCUT2D eigenvalue weighted by Gasteiger charge is 2.66. The summed E-state index contributed by atoms with van der Waals surface area (Å²) >= 11 is 0. The van der Waals surface area contributed by atoms with Gasteiger partial charge in [0.25, 0.3) is 0 Å². The molecule has 8 atom stereocenters. The van der Waals surface area contributed by atoms with Crippen molar-refractivity contribution < 1.29 is 9.90 Å². The molecule has 4 saturated carbocycles. The molecule has 0 radical (unpaired) electrons. The van der Waals surface area contributed by atoms with Crippen LogP contribution in [-0.4, -0.2) is 27.5 Å². The average Bonchev–Trinajstić information content (AvgIpc) is 3.18. The number of fused-ring (bicyclic) bond motifs is 7. The van der Waals surface area contributed by atoms with Crippen LogP contribution in [0.3, 0.4) is 0 Å². The Labute approximate surface area is 236 Å². The molecule has 4 heteroatoms. The van der Waals surface area contributed by atoms with Gasteiger partial charge in [0.15, 0.2) is 5.78 Å². The van der Waals surface area contributed by atoms with E-state index >= 15 is 0 Å². The molecule has 4 nitrogen and oxygen atoms in total. The quantitative estimate of drug-likeness (QED) is 0.427. The number of Topliss-reactive ketones (excluding diaryl/α,β-unsaturated/α-hetero) is 1. The lowest BCUT2D eigenvalue weighted by Gasteiger charge is -2.68. The number of aliphatic hydroxyl groups is 1. The van der Waals surface area contributed by atoms with Crippen LogP contribution >= 0.6 is 0 Å². The van der Waals surface area contributed by atoms with Gasteiger partial charge in [-0.2, -0.15) is 0 Å². The maximum absolute atomic E-state index is 13.7. The van der Waals surface area contributed by atoms with Crippen molar-refractivity contribution in [1.29, 1.82) is 0 Å². The fraction of sp³-hybridized carbons (Fsp3) is 0.714. The van der Waals surface area contributed by atoms with Gasteiger partial charge in [-0.3, -0.25) is 9.78 Å². The molecule has 0 amide bonds. The zero-order chi connectivity index (χ0) is 28.0. The second kappa shape index (κ2) is 9.03. The Hall–Kier alpha value is -1.94. The minimum absolute atomic E-state index is 0.0185. The van der Waals surface area contributed by atoms with Gasteiger partial charge in [0.2, 0.25) is 0 Å². The number of rotatable bonds is 4. The molecule has 5 aliphatic rings. The summed E-state index contributed by atoms with van der Waals surface area (Å²) in [4.78, 5) is 17.9. The Balaban J connectivity index is 1.38. The molecule has 1 aromatic heterocycles. The highest BCUT2D eigenvalue weighted by Crippen LogP contribution is 2.72. The van der Waals surface area contributed by atoms with E-state index in [0.29, 0.717) is 35.9 Å². The standard InChI is InChI=1S/C35H50N2O2/c1-21(2)30-26(38)20-35(37-22(3)23-13-18-36-19-14-23)17-10-25-24(31(30)35)8-9-28-33(25,6)15-11-27-32(4,5)29(39)12-16-34(27,28)7/h13-14,18-19,21,24-25,27-29,37,39H,3,8-12,15-17,20H2,1-2,4-7H3. The van der Waals surface area contributed by atoms with Crippen LogP contribution in [0.5, 0.6) is 0 Å². The molecule has 0 aliphatic heterocycles. The van der Waals surface area contributed by atoms with Gasteiger partial charge in [0.05, 0.1) is 11.6 Å². The third-order valence-corrected chi connectivity index (χ3v) is 13.0. The Kier molecular flexibility index (Phi) is 6.31. The van der Waals surface area contributed by atoms with E-state index in [1.807, 2.05) is 24.5 Å². The minimum Gasteiger partial charge on any atom is -0.393 e. The van der Waals surface area contributed by atoms with Crippen LogP contribution in [0.15, 0.2) is 42.3 Å². The van der Waals surface area contributed by atoms with Crippen LogP contribution in [0.25, 0.3) is 5.70 Å². The molecule has 2 N–H and O–H groups in total. The number of nitrogens with zero attached hydrogens (tertiary/aromatic N) is 1. The molecule has 0 saturated heterocycles. The van der Waals surface area contributed by atoms with Crippen LogP contribution in [-0.2, 0) is 4.79 Å². The predicted molar refractivity (Wildman–Crippen MR) is 158 cm³/mol. The first-order chi connectivity index (χ1) is 18.3. The first-order valence-corrected chi connectivity index (χ1v) is 15.7. The Morgan fingerprint density at radius 1 is 0.974 bits per heavy atom. The molecule has 0 aromatic carbocycles. The van der Waals surface area contributed by atoms with E-state index in [2.05, 4.69) is 58.4 Å². The van der Waals surface area contributed by atoms with Crippen molar-refractivity contribution in [3.05, 3.63) is 47.8 Å². The van der Waals surface area contributed by atoms with E-state index in [1.165, 1.54) is 37.7 Å². The maximum atomic E-state index is 13.7. The van der Waals surface area contributed by atoms with Crippen LogP contribution in [0.2, 0.25) is 0 Å². The number of carbonyl (C=O) groups is 1. The Bertz CT molecular complexity index is 1200. The highest BCUT2D eigenvalue weighted by molar-refractivity contribution is 6.01. The fourth-order valence-electron chi connectivity index (χ4n) is 11.3. The average molecular weight is 531 g/mol. The van der Waals surface area contributed by atoms with E-state index in [4.69, 9.17) is 0 Å². The number of carbonyl (C=O) groups excluding carboxylic acids is 1. The van der Waals surface area contributed by atoms with Crippen molar-refractivity contribution in [3.63, 3.8) is 0 Å². The molecule has 8 unspecified atom stereocenters. The summed E-state index contributed by atoms with van der Waals surface area (Å²) in [6, 6.07) is 4.02. The van der Waals surface area contributed by atoms with E-state index in [1.54, 1.807) is 0 Å². The number of allylic oxidation sites excluding steroid dienone is 1. The van der Waals surface area contributed by atoms with Crippen molar-refractivity contribution in [1.82, 2.24) is 10.3 Å². The van der Waals surface area contributed by atoms with Crippen molar-refractivity contribution in [2.24, 2.45) is 45.8 Å². The number of pyridine rings is 1. The van der Waals surface area contributed by atoms with Crippen LogP contribution in [0.1, 0.15) is 105 Å². The molecule has 4 fully saturated rings. The van der Waals surface area contributed by atoms with Gasteiger partial charge < -0.3 is 10.4 Å². The molecular weight excluding hydrogens is 480 g/mol. The van der Waals surface area contributed by atoms with Gasteiger partial charge in [0.1, 0.15) is 0 Å². The summed E-state index contributed by atoms with van der Waals surface area (Å²) in [6.07, 6.45) is 13.1. The lowest BCUT2D eigenvalue weighted by Crippen LogP contribution is -2.63. The van der Waals surface area contributed by atoms with Crippen LogP contribution < -0.4 is 5.32 Å². The smallest absolute Gasteiger partial charge is 0.161 e. The Morgan fingerprint density at radius 3 is 2.36 bits per heavy atom. The summed E-state index contributed by atoms with van der Waals surface area (Å²) in [5, 5.41) is 14.9. The second-order valence-electron chi connectivity index (χ2n) is 15.4. The van der Waals surface area contributed by atoms with Gasteiger partial charge in [-0.15, -0.1) is 0 Å². The molecule has 1 aromatic rings. The number of aliphatic hydroxyl groups excluding tert-OH is 1. The van der Waals surface area contributed by atoms with E-state index in [0.717, 1.165) is 36.1 Å². The third-order valence-electron chi connectivity index (χ3n) is 13.0. The molecule has 0 spiro atoms. The van der Waals surface area contributed by atoms with Crippen LogP contribution in [0, 0.1) is 45.8 Å². The van der Waals surface area contributed by atoms with Crippen molar-refractivity contribution in [3.8, 4) is 0 Å². The predicted octanol–water partition coefficient (Wildman–Crippen LogP) is 7.35. The van der Waals surface area contributed by atoms with Gasteiger partial charge in [0, 0.05) is 30.1 Å². The van der Waals surface area contributed by atoms with Crippen molar-refractivity contribution in [2.75, 3.05) is 0 Å². The third kappa shape index (κ3) is 3.79. The van der Waals surface area contributed by atoms with Crippen molar-refractivity contribution >= 4 is 11.5 Å². The normalized spacial score (nSPS) is 42.9. The lowest BCUT2D eigenvalue weighted by atomic mass is 9.37. The molecular formula is C35H50N2O2. The van der Waals surface area contributed by atoms with Crippen LogP contribution in [0.4, 0.5) is 0 Å². The van der Waals surface area contributed by atoms with Gasteiger partial charge >= 0.3 is 0 Å². The summed E-state index contributed by atoms with van der Waals surface area (Å²) in [7, 11) is 0. The SMILES string of the molecule is C=C(NC12CCC3C(CCC4C3(C)CCC3C(C)(C)C(O)CCC34C)C1=C(C(C)C)C(=O)C2)c1ccncc1. The van der Waals surface area contributed by atoms with E-state index in [9.17, 15) is 9.90 Å². The number of ketones is 1. The monoisotopic (exact) mass is 530 g/mol. The molecule has 5 aliphatic carbocycles. The molecule has 212 valence electrons. The summed E-state index contributed by atoms with van der Waals surface area (Å²) < 4.78 is 0. The fourth-order valence-corrected chi connectivity index (χ4v) is 11.3. The summed E-state index contributed by atoms with van der Waals surface area (Å²) in [6.45, 7) is 18.7. The van der Waals surface area contributed by atoms with E-state index in [-0.39, 0.29) is 33.8 Å². The highest BCUT2D eigenvalue weighted by atomic mass is 16.3. The topological polar surface area (TPSA) is 62.2 Å². The van der Waals surface area contributed by atoms with E-state index < -0.39 is 0 Å². The number of hydrogen-bond donors (Lipinski definition) is 2. The molecule has 39 heavy (non-hydrogen) atoms. The lowest BCUT2D eigenvalue weighted by molar-refractivity contribution is -0.202. The van der Waals surface area contributed by atoms with Gasteiger partial charge in [-0.05, 0) is 120 Å². The zero-order valence-corrected chi connectivity index (χ0v) is 25.1. The summed E-state index contributed by atoms with van der Waals surface area (Å²) in [5.41, 5.74) is 4.75. The first-order valence-electron chi connectivity index (χ1n) is 15.7. The molecule has 6 rings (SSSR count). The number of hydrogen-bond acceptors (Lipinski definition) is 4. The van der Waals surface area contributed by atoms with Gasteiger partial charge in [-0.1, -0.05) is 48.1 Å².